The van der Waals surface area contributed by atoms with E-state index in [0.29, 0.717) is 5.56 Å². The molecule has 8 heteroatoms. The highest BCUT2D eigenvalue weighted by molar-refractivity contribution is 7.89. The number of hydrogen-bond acceptors (Lipinski definition) is 3. The van der Waals surface area contributed by atoms with Crippen LogP contribution >= 0.6 is 0 Å². The van der Waals surface area contributed by atoms with Crippen molar-refractivity contribution in [2.45, 2.75) is 4.90 Å². The molecule has 0 atom stereocenters. The van der Waals surface area contributed by atoms with Crippen LogP contribution in [0.25, 0.3) is 22.4 Å². The average Bonchev–Trinajstić information content (AvgIpc) is 2.52. The fraction of sp³-hybridized carbons (Fsp3) is 0. The summed E-state index contributed by atoms with van der Waals surface area (Å²) in [5.41, 5.74) is 1.07. The molecular formula is C17H11F3N2O2S. The maximum absolute atomic E-state index is 14.1. The lowest BCUT2D eigenvalue weighted by atomic mass is 9.99. The lowest BCUT2D eigenvalue weighted by molar-refractivity contribution is 0.568. The van der Waals surface area contributed by atoms with E-state index in [9.17, 15) is 21.6 Å². The van der Waals surface area contributed by atoms with E-state index in [1.807, 2.05) is 0 Å². The maximum atomic E-state index is 14.1. The lowest BCUT2D eigenvalue weighted by Crippen LogP contribution is -2.13. The zero-order valence-corrected chi connectivity index (χ0v) is 13.4. The topological polar surface area (TPSA) is 73.1 Å². The molecule has 4 nitrogen and oxygen atoms in total. The van der Waals surface area contributed by atoms with Gasteiger partial charge in [0.1, 0.15) is 22.3 Å². The fourth-order valence-corrected chi connectivity index (χ4v) is 3.05. The van der Waals surface area contributed by atoms with E-state index in [2.05, 4.69) is 4.98 Å². The lowest BCUT2D eigenvalue weighted by Gasteiger charge is -2.10. The first kappa shape index (κ1) is 17.1. The number of sulfonamides is 1. The van der Waals surface area contributed by atoms with Crippen LogP contribution in [0.15, 0.2) is 59.6 Å². The second kappa shape index (κ2) is 6.30. The second-order valence-electron chi connectivity index (χ2n) is 5.25. The van der Waals surface area contributed by atoms with Crippen LogP contribution < -0.4 is 5.14 Å². The Morgan fingerprint density at radius 1 is 0.880 bits per heavy atom. The van der Waals surface area contributed by atoms with E-state index >= 15 is 0 Å². The molecule has 1 heterocycles. The van der Waals surface area contributed by atoms with Gasteiger partial charge in [-0.3, -0.25) is 4.98 Å². The van der Waals surface area contributed by atoms with Crippen molar-refractivity contribution in [2.75, 3.05) is 0 Å². The van der Waals surface area contributed by atoms with Gasteiger partial charge in [0.15, 0.2) is 0 Å². The quantitative estimate of drug-likeness (QED) is 0.773. The molecule has 128 valence electrons. The number of halogens is 3. The molecule has 3 rings (SSSR count). The Morgan fingerprint density at radius 3 is 2.16 bits per heavy atom. The third-order valence-electron chi connectivity index (χ3n) is 3.49. The number of pyridine rings is 1. The molecule has 0 aliphatic heterocycles. The van der Waals surface area contributed by atoms with Crippen LogP contribution in [0.4, 0.5) is 13.2 Å². The minimum absolute atomic E-state index is 0.170. The maximum Gasteiger partial charge on any atom is 0.240 e. The molecule has 0 amide bonds. The van der Waals surface area contributed by atoms with E-state index in [1.54, 1.807) is 12.1 Å². The first-order valence-corrected chi connectivity index (χ1v) is 8.54. The first-order valence-electron chi connectivity index (χ1n) is 7.00. The van der Waals surface area contributed by atoms with Crippen molar-refractivity contribution in [3.05, 3.63) is 72.2 Å². The summed E-state index contributed by atoms with van der Waals surface area (Å²) in [6.45, 7) is 0. The van der Waals surface area contributed by atoms with Gasteiger partial charge in [-0.15, -0.1) is 0 Å². The molecular weight excluding hydrogens is 353 g/mol. The summed E-state index contributed by atoms with van der Waals surface area (Å²) in [7, 11) is -4.20. The molecule has 0 spiro atoms. The Bertz CT molecular complexity index is 1050. The summed E-state index contributed by atoms with van der Waals surface area (Å²) in [6.07, 6.45) is 1.43. The van der Waals surface area contributed by atoms with Crippen molar-refractivity contribution in [3.63, 3.8) is 0 Å². The van der Waals surface area contributed by atoms with Gasteiger partial charge in [0.05, 0.1) is 5.69 Å². The van der Waals surface area contributed by atoms with Gasteiger partial charge in [-0.2, -0.15) is 0 Å². The Morgan fingerprint density at radius 2 is 1.56 bits per heavy atom. The smallest absolute Gasteiger partial charge is 0.240 e. The molecule has 0 bridgehead atoms. The molecule has 2 N–H and O–H groups in total. The van der Waals surface area contributed by atoms with Gasteiger partial charge in [0.25, 0.3) is 0 Å². The van der Waals surface area contributed by atoms with Gasteiger partial charge in [0, 0.05) is 23.4 Å². The molecule has 25 heavy (non-hydrogen) atoms. The Kier molecular flexibility index (Phi) is 4.32. The van der Waals surface area contributed by atoms with Gasteiger partial charge in [-0.25, -0.2) is 26.7 Å². The highest BCUT2D eigenvalue weighted by Crippen LogP contribution is 2.32. The molecule has 0 aliphatic rings. The second-order valence-corrected chi connectivity index (χ2v) is 6.78. The predicted octanol–water partition coefficient (Wildman–Crippen LogP) is 3.48. The molecule has 0 radical (unpaired) electrons. The first-order chi connectivity index (χ1) is 11.8. The largest absolute Gasteiger partial charge is 0.256 e. The average molecular weight is 364 g/mol. The van der Waals surface area contributed by atoms with Crippen LogP contribution in [0.1, 0.15) is 0 Å². The number of aromatic nitrogens is 1. The van der Waals surface area contributed by atoms with Gasteiger partial charge in [0.2, 0.25) is 10.0 Å². The summed E-state index contributed by atoms with van der Waals surface area (Å²) >= 11 is 0. The van der Waals surface area contributed by atoms with Crippen LogP contribution in [-0.4, -0.2) is 13.4 Å². The summed E-state index contributed by atoms with van der Waals surface area (Å²) in [4.78, 5) is 3.47. The summed E-state index contributed by atoms with van der Waals surface area (Å²) in [6, 6.07) is 9.44. The van der Waals surface area contributed by atoms with Crippen molar-refractivity contribution < 1.29 is 21.6 Å². The third kappa shape index (κ3) is 3.54. The van der Waals surface area contributed by atoms with Crippen molar-refractivity contribution in [1.29, 1.82) is 0 Å². The zero-order valence-electron chi connectivity index (χ0n) is 12.6. The van der Waals surface area contributed by atoms with E-state index in [0.717, 1.165) is 30.3 Å². The molecule has 0 aliphatic carbocycles. The zero-order chi connectivity index (χ0) is 18.2. The molecule has 0 fully saturated rings. The molecule has 0 saturated carbocycles. The number of nitrogens with zero attached hydrogens (tertiary/aromatic N) is 1. The van der Waals surface area contributed by atoms with Crippen molar-refractivity contribution in [3.8, 4) is 22.4 Å². The van der Waals surface area contributed by atoms with Gasteiger partial charge < -0.3 is 0 Å². The van der Waals surface area contributed by atoms with Crippen LogP contribution in [0.3, 0.4) is 0 Å². The van der Waals surface area contributed by atoms with E-state index in [1.165, 1.54) is 12.3 Å². The summed E-state index contributed by atoms with van der Waals surface area (Å²) in [5, 5.41) is 4.94. The number of hydrogen-bond donors (Lipinski definition) is 1. The summed E-state index contributed by atoms with van der Waals surface area (Å²) in [5.74, 6) is -2.58. The minimum Gasteiger partial charge on any atom is -0.256 e. The number of benzene rings is 2. The number of primary sulfonamides is 1. The standard InChI is InChI=1S/C17H11F3N2O2S/c18-12-6-11(7-13(19)9-12)17-14(2-1-5-22-17)10-3-4-16(15(20)8-10)25(21,23)24/h1-9H,(H2,21,23,24). The predicted molar refractivity (Wildman–Crippen MR) is 86.4 cm³/mol. The van der Waals surface area contributed by atoms with Gasteiger partial charge in [-0.05, 0) is 35.9 Å². The van der Waals surface area contributed by atoms with Gasteiger partial charge >= 0.3 is 0 Å². The van der Waals surface area contributed by atoms with Crippen LogP contribution in [0.5, 0.6) is 0 Å². The van der Waals surface area contributed by atoms with Crippen molar-refractivity contribution >= 4 is 10.0 Å². The van der Waals surface area contributed by atoms with Crippen LogP contribution in [0.2, 0.25) is 0 Å². The van der Waals surface area contributed by atoms with Gasteiger partial charge in [-0.1, -0.05) is 12.1 Å². The number of rotatable bonds is 3. The molecule has 3 aromatic rings. The third-order valence-corrected chi connectivity index (χ3v) is 4.44. The Labute approximate surface area is 141 Å². The molecule has 1 aromatic heterocycles. The van der Waals surface area contributed by atoms with Crippen molar-refractivity contribution in [2.24, 2.45) is 5.14 Å². The SMILES string of the molecule is NS(=O)(=O)c1ccc(-c2cccnc2-c2cc(F)cc(F)c2)cc1F. The molecule has 0 unspecified atom stereocenters. The van der Waals surface area contributed by atoms with Crippen LogP contribution in [0, 0.1) is 17.5 Å². The Balaban J connectivity index is 2.18. The van der Waals surface area contributed by atoms with Crippen LogP contribution in [-0.2, 0) is 10.0 Å². The fourth-order valence-electron chi connectivity index (χ4n) is 2.46. The number of nitrogens with two attached hydrogens (primary N) is 1. The Hall–Kier alpha value is -2.71. The van der Waals surface area contributed by atoms with E-state index in [4.69, 9.17) is 5.14 Å². The minimum atomic E-state index is -4.20. The normalized spacial score (nSPS) is 11.5. The molecule has 2 aromatic carbocycles. The summed E-state index contributed by atoms with van der Waals surface area (Å²) < 4.78 is 63.7. The van der Waals surface area contributed by atoms with Crippen molar-refractivity contribution in [1.82, 2.24) is 4.98 Å². The highest BCUT2D eigenvalue weighted by Gasteiger charge is 2.17. The molecule has 0 saturated heterocycles. The van der Waals surface area contributed by atoms with E-state index < -0.39 is 32.4 Å². The monoisotopic (exact) mass is 364 g/mol. The highest BCUT2D eigenvalue weighted by atomic mass is 32.2. The van der Waals surface area contributed by atoms with E-state index in [-0.39, 0.29) is 16.8 Å².